The second kappa shape index (κ2) is 10.7. The Bertz CT molecular complexity index is 3370. The molecular weight excluding hydrogens is 667 g/mol. The summed E-state index contributed by atoms with van der Waals surface area (Å²) >= 11 is 0. The van der Waals surface area contributed by atoms with Crippen molar-refractivity contribution in [1.29, 1.82) is 5.26 Å². The standard InChI is InChI=1S/C47H25N5O2/c48-26-36-46(51-37-18-8-4-14-28(37)32-24-43-34(22-39(32)51)30-16-6-10-20-41(30)53-43)49-45(27-12-2-1-3-13-27)50-47(36)52-38-19-9-5-15-29(38)33-25-44-35(23-40(33)52)31-17-7-11-21-42(31)54-44/h1-25H. The fraction of sp³-hybridized carbons (Fsp3) is 0. The summed E-state index contributed by atoms with van der Waals surface area (Å²) in [6, 6.07) is 53.8. The maximum atomic E-state index is 11.3. The summed E-state index contributed by atoms with van der Waals surface area (Å²) < 4.78 is 16.9. The van der Waals surface area contributed by atoms with Gasteiger partial charge in [0.1, 0.15) is 34.0 Å². The van der Waals surface area contributed by atoms with Crippen molar-refractivity contribution < 1.29 is 8.83 Å². The molecule has 12 aromatic rings. The van der Waals surface area contributed by atoms with E-state index in [1.54, 1.807) is 0 Å². The molecule has 0 atom stereocenters. The van der Waals surface area contributed by atoms with Gasteiger partial charge < -0.3 is 8.83 Å². The molecule has 5 heterocycles. The van der Waals surface area contributed by atoms with Crippen molar-refractivity contribution in [3.05, 3.63) is 157 Å². The zero-order valence-electron chi connectivity index (χ0n) is 28.5. The topological polar surface area (TPSA) is 85.7 Å². The minimum atomic E-state index is 0.356. The first-order chi connectivity index (χ1) is 26.7. The van der Waals surface area contributed by atoms with Crippen molar-refractivity contribution >= 4 is 87.5 Å². The molecule has 0 N–H and O–H groups in total. The van der Waals surface area contributed by atoms with Crippen LogP contribution in [0.15, 0.2) is 160 Å². The zero-order chi connectivity index (χ0) is 35.5. The highest BCUT2D eigenvalue weighted by Gasteiger charge is 2.26. The van der Waals surface area contributed by atoms with E-state index in [2.05, 4.69) is 75.9 Å². The van der Waals surface area contributed by atoms with Crippen molar-refractivity contribution in [3.63, 3.8) is 0 Å². The van der Waals surface area contributed by atoms with E-state index in [0.29, 0.717) is 23.0 Å². The zero-order valence-corrected chi connectivity index (χ0v) is 28.5. The SMILES string of the molecule is N#Cc1c(-n2c3ccccc3c3cc4oc5ccccc5c4cc32)nc(-c2ccccc2)nc1-n1c2ccccc2c2cc3oc4ccccc4c3cc21. The second-order valence-corrected chi connectivity index (χ2v) is 13.7. The van der Waals surface area contributed by atoms with E-state index in [-0.39, 0.29) is 0 Å². The number of hydrogen-bond donors (Lipinski definition) is 0. The van der Waals surface area contributed by atoms with Gasteiger partial charge in [-0.15, -0.1) is 0 Å². The highest BCUT2D eigenvalue weighted by atomic mass is 16.3. The van der Waals surface area contributed by atoms with E-state index < -0.39 is 0 Å². The maximum absolute atomic E-state index is 11.3. The lowest BCUT2D eigenvalue weighted by Crippen LogP contribution is -2.10. The molecule has 0 bridgehead atoms. The van der Waals surface area contributed by atoms with Gasteiger partial charge in [-0.1, -0.05) is 103 Å². The van der Waals surface area contributed by atoms with Crippen molar-refractivity contribution in [1.82, 2.24) is 19.1 Å². The van der Waals surface area contributed by atoms with E-state index >= 15 is 0 Å². The third-order valence-electron chi connectivity index (χ3n) is 10.8. The minimum Gasteiger partial charge on any atom is -0.456 e. The Labute approximate surface area is 306 Å². The van der Waals surface area contributed by atoms with Crippen LogP contribution in [0.1, 0.15) is 5.56 Å². The lowest BCUT2D eigenvalue weighted by atomic mass is 10.1. The molecule has 5 aromatic heterocycles. The number of fused-ring (bicyclic) bond motifs is 12. The highest BCUT2D eigenvalue weighted by Crippen LogP contribution is 2.42. The van der Waals surface area contributed by atoms with Gasteiger partial charge in [0.2, 0.25) is 0 Å². The van der Waals surface area contributed by atoms with E-state index in [1.165, 1.54) is 0 Å². The number of rotatable bonds is 3. The average Bonchev–Trinajstić information content (AvgIpc) is 3.96. The van der Waals surface area contributed by atoms with Gasteiger partial charge in [0.15, 0.2) is 17.5 Å². The van der Waals surface area contributed by atoms with E-state index in [1.807, 2.05) is 91.0 Å². The van der Waals surface area contributed by atoms with Crippen molar-refractivity contribution in [2.45, 2.75) is 0 Å². The quantitative estimate of drug-likeness (QED) is 0.184. The number of nitrogens with zero attached hydrogens (tertiary/aromatic N) is 5. The summed E-state index contributed by atoms with van der Waals surface area (Å²) in [5, 5.41) is 19.5. The number of hydrogen-bond acceptors (Lipinski definition) is 5. The third-order valence-corrected chi connectivity index (χ3v) is 10.8. The molecule has 0 aliphatic heterocycles. The molecule has 250 valence electrons. The molecule has 54 heavy (non-hydrogen) atoms. The molecule has 0 unspecified atom stereocenters. The first-order valence-electron chi connectivity index (χ1n) is 17.8. The summed E-state index contributed by atoms with van der Waals surface area (Å²) in [6.07, 6.45) is 0. The van der Waals surface area contributed by atoms with E-state index in [9.17, 15) is 5.26 Å². The molecule has 0 aliphatic carbocycles. The molecule has 0 spiro atoms. The molecule has 7 aromatic carbocycles. The van der Waals surface area contributed by atoms with Crippen LogP contribution in [-0.4, -0.2) is 19.1 Å². The van der Waals surface area contributed by atoms with Crippen LogP contribution in [0.25, 0.3) is 111 Å². The van der Waals surface area contributed by atoms with Crippen LogP contribution in [0.5, 0.6) is 0 Å². The Morgan fingerprint density at radius 2 is 0.852 bits per heavy atom. The Hall–Kier alpha value is -7.69. The monoisotopic (exact) mass is 691 g/mol. The first-order valence-corrected chi connectivity index (χ1v) is 17.8. The summed E-state index contributed by atoms with van der Waals surface area (Å²) in [5.41, 5.74) is 8.18. The van der Waals surface area contributed by atoms with Gasteiger partial charge in [-0.2, -0.15) is 5.26 Å². The van der Waals surface area contributed by atoms with Gasteiger partial charge >= 0.3 is 0 Å². The molecule has 0 saturated heterocycles. The second-order valence-electron chi connectivity index (χ2n) is 13.7. The molecule has 0 saturated carbocycles. The Kier molecular flexibility index (Phi) is 5.72. The summed E-state index contributed by atoms with van der Waals surface area (Å²) in [7, 11) is 0. The van der Waals surface area contributed by atoms with Crippen LogP contribution in [0.2, 0.25) is 0 Å². The highest BCUT2D eigenvalue weighted by molar-refractivity contribution is 6.18. The Balaban J connectivity index is 1.25. The van der Waals surface area contributed by atoms with Gasteiger partial charge in [-0.05, 0) is 48.5 Å². The molecule has 7 nitrogen and oxygen atoms in total. The number of nitriles is 1. The van der Waals surface area contributed by atoms with Gasteiger partial charge in [-0.3, -0.25) is 9.13 Å². The third kappa shape index (κ3) is 3.88. The van der Waals surface area contributed by atoms with Crippen LogP contribution in [0, 0.1) is 11.3 Å². The van der Waals surface area contributed by atoms with Gasteiger partial charge in [-0.25, -0.2) is 9.97 Å². The summed E-state index contributed by atoms with van der Waals surface area (Å²) in [4.78, 5) is 10.6. The number of benzene rings is 7. The lowest BCUT2D eigenvalue weighted by Gasteiger charge is -2.16. The predicted octanol–water partition coefficient (Wildman–Crippen LogP) is 12.0. The van der Waals surface area contributed by atoms with Crippen LogP contribution in [0.3, 0.4) is 0 Å². The number of aromatic nitrogens is 4. The van der Waals surface area contributed by atoms with E-state index in [0.717, 1.165) is 93.1 Å². The predicted molar refractivity (Wildman–Crippen MR) is 215 cm³/mol. The van der Waals surface area contributed by atoms with Crippen molar-refractivity contribution in [2.24, 2.45) is 0 Å². The largest absolute Gasteiger partial charge is 0.456 e. The minimum absolute atomic E-state index is 0.356. The van der Waals surface area contributed by atoms with E-state index in [4.69, 9.17) is 18.8 Å². The molecular formula is C47H25N5O2. The number of para-hydroxylation sites is 4. The van der Waals surface area contributed by atoms with Crippen LogP contribution >= 0.6 is 0 Å². The molecule has 12 rings (SSSR count). The van der Waals surface area contributed by atoms with Crippen LogP contribution in [0.4, 0.5) is 0 Å². The lowest BCUT2D eigenvalue weighted by molar-refractivity contribution is 0.669. The number of furan rings is 2. The average molecular weight is 692 g/mol. The normalized spacial score (nSPS) is 12.1. The van der Waals surface area contributed by atoms with Gasteiger partial charge in [0.05, 0.1) is 22.1 Å². The maximum Gasteiger partial charge on any atom is 0.164 e. The molecule has 0 amide bonds. The van der Waals surface area contributed by atoms with Gasteiger partial charge in [0, 0.05) is 48.7 Å². The molecule has 0 radical (unpaired) electrons. The summed E-state index contributed by atoms with van der Waals surface area (Å²) in [5.74, 6) is 1.52. The van der Waals surface area contributed by atoms with Crippen molar-refractivity contribution in [3.8, 4) is 29.1 Å². The van der Waals surface area contributed by atoms with Crippen LogP contribution < -0.4 is 0 Å². The Morgan fingerprint density at radius 1 is 0.407 bits per heavy atom. The van der Waals surface area contributed by atoms with Gasteiger partial charge in [0.25, 0.3) is 0 Å². The fourth-order valence-electron chi connectivity index (χ4n) is 8.41. The smallest absolute Gasteiger partial charge is 0.164 e. The fourth-order valence-corrected chi connectivity index (χ4v) is 8.41. The Morgan fingerprint density at radius 3 is 1.35 bits per heavy atom. The summed E-state index contributed by atoms with van der Waals surface area (Å²) in [6.45, 7) is 0. The molecule has 7 heteroatoms. The first kappa shape index (κ1) is 28.9. The van der Waals surface area contributed by atoms with Crippen LogP contribution in [-0.2, 0) is 0 Å². The molecule has 0 fully saturated rings. The molecule has 0 aliphatic rings. The van der Waals surface area contributed by atoms with Crippen molar-refractivity contribution in [2.75, 3.05) is 0 Å².